The Bertz CT molecular complexity index is 1780. The molecule has 46 heavy (non-hydrogen) atoms. The van der Waals surface area contributed by atoms with Crippen molar-refractivity contribution in [3.63, 3.8) is 0 Å². The number of aryl methyl sites for hydroxylation is 2. The minimum atomic E-state index is -4.50. The summed E-state index contributed by atoms with van der Waals surface area (Å²) in [6.45, 7) is 18.0. The molecule has 2 heterocycles. The van der Waals surface area contributed by atoms with E-state index in [1.807, 2.05) is 40.1 Å². The first kappa shape index (κ1) is 31.6. The number of halogens is 3. The highest BCUT2D eigenvalue weighted by molar-refractivity contribution is 5.88. The first-order valence-electron chi connectivity index (χ1n) is 15.8. The van der Waals surface area contributed by atoms with Gasteiger partial charge in [-0.3, -0.25) is 0 Å². The van der Waals surface area contributed by atoms with Crippen LogP contribution in [-0.2, 0) is 17.0 Å². The highest BCUT2D eigenvalue weighted by Gasteiger charge is 2.35. The third-order valence-corrected chi connectivity index (χ3v) is 9.17. The predicted octanol–water partition coefficient (Wildman–Crippen LogP) is 10.9. The number of anilines is 6. The fraction of sp³-hybridized carbons (Fsp3) is 0.333. The number of benzene rings is 4. The molecule has 0 spiro atoms. The SMILES string of the molecule is Cc1cc2c(cc1C)N(c1cc(N3C=CN(c4ccc(C(C)(C)C)cc4)C3)cc(C(F)(F)F)c1)CN2c1ccc(C(C)(C)C)cc1. The molecule has 7 heteroatoms. The van der Waals surface area contributed by atoms with Gasteiger partial charge in [-0.1, -0.05) is 65.8 Å². The van der Waals surface area contributed by atoms with E-state index in [1.54, 1.807) is 0 Å². The number of hydrogen-bond donors (Lipinski definition) is 0. The van der Waals surface area contributed by atoms with Gasteiger partial charge in [-0.25, -0.2) is 0 Å². The maximum Gasteiger partial charge on any atom is 0.416 e. The van der Waals surface area contributed by atoms with Crippen LogP contribution in [0.3, 0.4) is 0 Å². The van der Waals surface area contributed by atoms with E-state index in [0.717, 1.165) is 33.9 Å². The number of alkyl halides is 3. The average Bonchev–Trinajstić information content (AvgIpc) is 3.62. The third kappa shape index (κ3) is 6.07. The van der Waals surface area contributed by atoms with Gasteiger partial charge in [0.05, 0.1) is 23.6 Å². The third-order valence-electron chi connectivity index (χ3n) is 9.17. The second-order valence-corrected chi connectivity index (χ2v) is 14.6. The molecule has 0 atom stereocenters. The minimum Gasteiger partial charge on any atom is -0.328 e. The molecule has 0 saturated heterocycles. The van der Waals surface area contributed by atoms with E-state index < -0.39 is 11.7 Å². The normalized spacial score (nSPS) is 15.3. The molecule has 0 amide bonds. The van der Waals surface area contributed by atoms with E-state index in [9.17, 15) is 13.2 Å². The van der Waals surface area contributed by atoms with Gasteiger partial charge >= 0.3 is 6.18 Å². The van der Waals surface area contributed by atoms with Crippen molar-refractivity contribution in [3.8, 4) is 0 Å². The lowest BCUT2D eigenvalue weighted by Gasteiger charge is -2.27. The summed E-state index contributed by atoms with van der Waals surface area (Å²) in [6.07, 6.45) is -0.720. The molecular formula is C39H43F3N4. The standard InChI is InChI=1S/C39H43F3N4/c1-26-19-35-36(20-27(26)2)46(25-45(35)32-15-11-29(12-16-32)38(6,7)8)34-22-30(39(40,41)42)21-33(23-34)44-18-17-43(24-44)31-13-9-28(10-14-31)37(3,4)5/h9-23H,24-25H2,1-8H3. The van der Waals surface area contributed by atoms with Crippen LogP contribution < -0.4 is 19.6 Å². The maximum atomic E-state index is 14.4. The van der Waals surface area contributed by atoms with Crippen LogP contribution in [0, 0.1) is 13.8 Å². The number of rotatable bonds is 4. The molecule has 0 N–H and O–H groups in total. The Morgan fingerprint density at radius 2 is 0.913 bits per heavy atom. The first-order valence-corrected chi connectivity index (χ1v) is 15.8. The van der Waals surface area contributed by atoms with E-state index in [1.165, 1.54) is 23.3 Å². The van der Waals surface area contributed by atoms with Gasteiger partial charge in [0.15, 0.2) is 0 Å². The van der Waals surface area contributed by atoms with Crippen molar-refractivity contribution in [3.05, 3.63) is 119 Å². The minimum absolute atomic E-state index is 0.0189. The van der Waals surface area contributed by atoms with Gasteiger partial charge in [0.25, 0.3) is 0 Å². The van der Waals surface area contributed by atoms with Crippen molar-refractivity contribution >= 4 is 34.1 Å². The Morgan fingerprint density at radius 1 is 0.478 bits per heavy atom. The summed E-state index contributed by atoms with van der Waals surface area (Å²) >= 11 is 0. The van der Waals surface area contributed by atoms with Gasteiger partial charge in [0.2, 0.25) is 0 Å². The number of fused-ring (bicyclic) bond motifs is 1. The van der Waals surface area contributed by atoms with E-state index in [-0.39, 0.29) is 10.8 Å². The molecule has 0 radical (unpaired) electrons. The molecule has 0 saturated carbocycles. The van der Waals surface area contributed by atoms with Gasteiger partial charge in [-0.05, 0) is 102 Å². The summed E-state index contributed by atoms with van der Waals surface area (Å²) in [6, 6.07) is 25.5. The van der Waals surface area contributed by atoms with Crippen molar-refractivity contribution in [2.45, 2.75) is 72.4 Å². The van der Waals surface area contributed by atoms with Crippen molar-refractivity contribution in [2.24, 2.45) is 0 Å². The van der Waals surface area contributed by atoms with E-state index in [0.29, 0.717) is 24.7 Å². The van der Waals surface area contributed by atoms with Crippen molar-refractivity contribution in [1.82, 2.24) is 0 Å². The molecule has 0 unspecified atom stereocenters. The van der Waals surface area contributed by atoms with Crippen LogP contribution in [0.5, 0.6) is 0 Å². The van der Waals surface area contributed by atoms with E-state index >= 15 is 0 Å². The van der Waals surface area contributed by atoms with Crippen molar-refractivity contribution in [2.75, 3.05) is 32.9 Å². The zero-order valence-corrected chi connectivity index (χ0v) is 28.0. The van der Waals surface area contributed by atoms with Crippen LogP contribution >= 0.6 is 0 Å². The Kier molecular flexibility index (Phi) is 7.65. The van der Waals surface area contributed by atoms with Crippen molar-refractivity contribution in [1.29, 1.82) is 0 Å². The molecule has 0 aliphatic carbocycles. The summed E-state index contributed by atoms with van der Waals surface area (Å²) in [7, 11) is 0. The van der Waals surface area contributed by atoms with Gasteiger partial charge < -0.3 is 19.6 Å². The van der Waals surface area contributed by atoms with Gasteiger partial charge in [0, 0.05) is 35.1 Å². The average molecular weight is 625 g/mol. The second kappa shape index (κ2) is 11.1. The van der Waals surface area contributed by atoms with Crippen LogP contribution in [0.1, 0.15) is 69.4 Å². The van der Waals surface area contributed by atoms with Crippen molar-refractivity contribution < 1.29 is 13.2 Å². The van der Waals surface area contributed by atoms with E-state index in [4.69, 9.17) is 0 Å². The van der Waals surface area contributed by atoms with E-state index in [2.05, 4.69) is 114 Å². The molecule has 2 aliphatic heterocycles. The predicted molar refractivity (Wildman–Crippen MR) is 186 cm³/mol. The Balaban J connectivity index is 1.36. The van der Waals surface area contributed by atoms with Crippen LogP contribution in [-0.4, -0.2) is 13.3 Å². The molecule has 4 nitrogen and oxygen atoms in total. The molecule has 0 aromatic heterocycles. The monoisotopic (exact) mass is 624 g/mol. The molecule has 240 valence electrons. The van der Waals surface area contributed by atoms with Gasteiger partial charge in [-0.15, -0.1) is 0 Å². The number of hydrogen-bond acceptors (Lipinski definition) is 4. The molecule has 0 bridgehead atoms. The largest absolute Gasteiger partial charge is 0.416 e. The maximum absolute atomic E-state index is 14.4. The lowest BCUT2D eigenvalue weighted by molar-refractivity contribution is -0.137. The Labute approximate surface area is 271 Å². The van der Waals surface area contributed by atoms with Crippen LogP contribution in [0.4, 0.5) is 47.3 Å². The molecule has 2 aliphatic rings. The Morgan fingerprint density at radius 3 is 1.39 bits per heavy atom. The Hall–Kier alpha value is -4.39. The molecular weight excluding hydrogens is 581 g/mol. The molecule has 4 aromatic rings. The summed E-state index contributed by atoms with van der Waals surface area (Å²) in [5.41, 5.74) is 8.95. The van der Waals surface area contributed by atoms with Crippen LogP contribution in [0.25, 0.3) is 0 Å². The number of nitrogens with zero attached hydrogens (tertiary/aromatic N) is 4. The fourth-order valence-electron chi connectivity index (χ4n) is 6.08. The zero-order valence-electron chi connectivity index (χ0n) is 28.0. The summed E-state index contributed by atoms with van der Waals surface area (Å²) in [4.78, 5) is 8.11. The molecule has 6 rings (SSSR count). The fourth-order valence-corrected chi connectivity index (χ4v) is 6.08. The molecule has 0 fully saturated rings. The van der Waals surface area contributed by atoms with Gasteiger partial charge in [-0.2, -0.15) is 13.2 Å². The first-order chi connectivity index (χ1) is 21.5. The van der Waals surface area contributed by atoms with Gasteiger partial charge in [0.1, 0.15) is 6.67 Å². The highest BCUT2D eigenvalue weighted by Crippen LogP contribution is 2.47. The summed E-state index contributed by atoms with van der Waals surface area (Å²) < 4.78 is 43.2. The quantitative estimate of drug-likeness (QED) is 0.224. The lowest BCUT2D eigenvalue weighted by atomic mass is 9.87. The summed E-state index contributed by atoms with van der Waals surface area (Å²) in [5.74, 6) is 0. The summed E-state index contributed by atoms with van der Waals surface area (Å²) in [5, 5.41) is 0. The lowest BCUT2D eigenvalue weighted by Crippen LogP contribution is -2.26. The second-order valence-electron chi connectivity index (χ2n) is 14.6. The topological polar surface area (TPSA) is 13.0 Å². The highest BCUT2D eigenvalue weighted by atomic mass is 19.4. The molecule has 4 aromatic carbocycles. The van der Waals surface area contributed by atoms with Crippen LogP contribution in [0.15, 0.2) is 91.3 Å². The smallest absolute Gasteiger partial charge is 0.328 e. The zero-order chi connectivity index (χ0) is 33.2. The van der Waals surface area contributed by atoms with Crippen LogP contribution in [0.2, 0.25) is 0 Å².